The zero-order valence-corrected chi connectivity index (χ0v) is 18.9. The number of halogens is 2. The minimum absolute atomic E-state index is 0.0556. The van der Waals surface area contributed by atoms with Gasteiger partial charge in [0.1, 0.15) is 5.75 Å². The summed E-state index contributed by atoms with van der Waals surface area (Å²) in [6.07, 6.45) is 0.757. The summed E-state index contributed by atoms with van der Waals surface area (Å²) in [6.45, 7) is 1.21. The summed E-state index contributed by atoms with van der Waals surface area (Å²) < 4.78 is 5.21. The van der Waals surface area contributed by atoms with Gasteiger partial charge in [-0.15, -0.1) is 0 Å². The van der Waals surface area contributed by atoms with Crippen molar-refractivity contribution in [3.8, 4) is 5.75 Å². The Balaban J connectivity index is 1.65. The number of aromatic nitrogens is 3. The smallest absolute Gasteiger partial charge is 0.233 e. The molecule has 0 spiro atoms. The third kappa shape index (κ3) is 5.49. The van der Waals surface area contributed by atoms with Crippen molar-refractivity contribution >= 4 is 52.4 Å². The average molecular weight is 475 g/mol. The molecular weight excluding hydrogens is 451 g/mol. The first kappa shape index (κ1) is 22.3. The molecule has 1 aromatic heterocycles. The second-order valence-electron chi connectivity index (χ2n) is 7.55. The topological polar surface area (TPSA) is 127 Å². The highest BCUT2D eigenvalue weighted by atomic mass is 35.5. The predicted molar refractivity (Wildman–Crippen MR) is 129 cm³/mol. The van der Waals surface area contributed by atoms with Gasteiger partial charge in [-0.2, -0.15) is 15.0 Å². The Morgan fingerprint density at radius 2 is 1.47 bits per heavy atom. The van der Waals surface area contributed by atoms with Gasteiger partial charge in [-0.1, -0.05) is 23.2 Å². The molecular formula is C21H24Cl2N8O. The molecule has 2 aromatic carbocycles. The Hall–Kier alpha value is -2.85. The van der Waals surface area contributed by atoms with E-state index in [0.29, 0.717) is 46.7 Å². The molecule has 9 nitrogen and oxygen atoms in total. The van der Waals surface area contributed by atoms with Crippen LogP contribution in [-0.4, -0.2) is 47.2 Å². The van der Waals surface area contributed by atoms with E-state index in [9.17, 15) is 0 Å². The van der Waals surface area contributed by atoms with E-state index in [1.54, 1.807) is 25.3 Å². The molecule has 0 amide bonds. The Kier molecular flexibility index (Phi) is 6.80. The van der Waals surface area contributed by atoms with Crippen LogP contribution < -0.4 is 31.7 Å². The highest BCUT2D eigenvalue weighted by molar-refractivity contribution is 6.42. The maximum atomic E-state index is 6.17. The molecule has 2 atom stereocenters. The van der Waals surface area contributed by atoms with Crippen LogP contribution in [0.2, 0.25) is 10.0 Å². The number of piperidine rings is 1. The molecule has 0 radical (unpaired) electrons. The van der Waals surface area contributed by atoms with Crippen LogP contribution in [0, 0.1) is 0 Å². The summed E-state index contributed by atoms with van der Waals surface area (Å²) in [6, 6.07) is 12.5. The molecule has 3 aromatic rings. The zero-order chi connectivity index (χ0) is 22.7. The standard InChI is InChI=1S/C21H24Cl2N8O/c1-32-16-5-2-14(3-6-16)26-19-28-20(27-15-4-7-17(22)18(23)9-15)30-21(29-19)31-10-12(24)8-13(25)11-31/h2-7,9,12-13H,8,10-11,24-25H2,1H3,(H2,26,27,28,29,30)/t12-,13+. The lowest BCUT2D eigenvalue weighted by Crippen LogP contribution is -2.52. The Bertz CT molecular complexity index is 1070. The third-order valence-corrected chi connectivity index (χ3v) is 5.68. The van der Waals surface area contributed by atoms with Gasteiger partial charge in [0.2, 0.25) is 17.8 Å². The monoisotopic (exact) mass is 474 g/mol. The van der Waals surface area contributed by atoms with Crippen LogP contribution in [0.15, 0.2) is 42.5 Å². The number of nitrogens with two attached hydrogens (primary N) is 2. The van der Waals surface area contributed by atoms with E-state index < -0.39 is 0 Å². The number of rotatable bonds is 6. The van der Waals surface area contributed by atoms with Crippen LogP contribution in [-0.2, 0) is 0 Å². The van der Waals surface area contributed by atoms with Gasteiger partial charge < -0.3 is 31.7 Å². The van der Waals surface area contributed by atoms with Gasteiger partial charge in [-0.25, -0.2) is 0 Å². The van der Waals surface area contributed by atoms with Crippen molar-refractivity contribution in [1.29, 1.82) is 0 Å². The normalized spacial score (nSPS) is 18.3. The lowest BCUT2D eigenvalue weighted by molar-refractivity contribution is 0.415. The molecule has 0 aliphatic carbocycles. The number of anilines is 5. The summed E-state index contributed by atoms with van der Waals surface area (Å²) in [5.74, 6) is 1.95. The van der Waals surface area contributed by atoms with Gasteiger partial charge in [0, 0.05) is 36.5 Å². The minimum atomic E-state index is -0.0556. The zero-order valence-electron chi connectivity index (χ0n) is 17.4. The maximum absolute atomic E-state index is 6.17. The maximum Gasteiger partial charge on any atom is 0.233 e. The first-order chi connectivity index (χ1) is 15.4. The fourth-order valence-electron chi connectivity index (χ4n) is 3.47. The van der Waals surface area contributed by atoms with E-state index in [1.165, 1.54) is 0 Å². The highest BCUT2D eigenvalue weighted by Crippen LogP contribution is 2.27. The minimum Gasteiger partial charge on any atom is -0.497 e. The van der Waals surface area contributed by atoms with Crippen molar-refractivity contribution in [1.82, 2.24) is 15.0 Å². The molecule has 6 N–H and O–H groups in total. The molecule has 1 aliphatic heterocycles. The molecule has 0 unspecified atom stereocenters. The first-order valence-corrected chi connectivity index (χ1v) is 10.8. The third-order valence-electron chi connectivity index (χ3n) is 4.94. The average Bonchev–Trinajstić information content (AvgIpc) is 2.76. The van der Waals surface area contributed by atoms with Crippen molar-refractivity contribution in [2.45, 2.75) is 18.5 Å². The van der Waals surface area contributed by atoms with Gasteiger partial charge >= 0.3 is 0 Å². The Morgan fingerprint density at radius 1 is 0.875 bits per heavy atom. The van der Waals surface area contributed by atoms with E-state index >= 15 is 0 Å². The Labute approximate surface area is 196 Å². The van der Waals surface area contributed by atoms with Gasteiger partial charge in [-0.05, 0) is 48.9 Å². The molecule has 2 heterocycles. The lowest BCUT2D eigenvalue weighted by atomic mass is 10.0. The predicted octanol–water partition coefficient (Wildman–Crippen LogP) is 3.54. The molecule has 4 rings (SSSR count). The summed E-state index contributed by atoms with van der Waals surface area (Å²) in [7, 11) is 1.62. The van der Waals surface area contributed by atoms with Crippen LogP contribution in [0.4, 0.5) is 29.2 Å². The van der Waals surface area contributed by atoms with Gasteiger partial charge in [-0.3, -0.25) is 0 Å². The molecule has 1 fully saturated rings. The van der Waals surface area contributed by atoms with Crippen LogP contribution >= 0.6 is 23.2 Å². The molecule has 11 heteroatoms. The van der Waals surface area contributed by atoms with Crippen molar-refractivity contribution in [3.05, 3.63) is 52.5 Å². The molecule has 0 bridgehead atoms. The Morgan fingerprint density at radius 3 is 2.06 bits per heavy atom. The molecule has 1 aliphatic rings. The summed E-state index contributed by atoms with van der Waals surface area (Å²) in [5, 5.41) is 7.26. The first-order valence-electron chi connectivity index (χ1n) is 10.0. The van der Waals surface area contributed by atoms with Gasteiger partial charge in [0.15, 0.2) is 0 Å². The van der Waals surface area contributed by atoms with Crippen molar-refractivity contribution < 1.29 is 4.74 Å². The van der Waals surface area contributed by atoms with E-state index in [2.05, 4.69) is 25.6 Å². The quantitative estimate of drug-likeness (QED) is 0.423. The van der Waals surface area contributed by atoms with Crippen molar-refractivity contribution in [2.24, 2.45) is 11.5 Å². The van der Waals surface area contributed by atoms with Crippen LogP contribution in [0.25, 0.3) is 0 Å². The van der Waals surface area contributed by atoms with Gasteiger partial charge in [0.25, 0.3) is 0 Å². The summed E-state index contributed by atoms with van der Waals surface area (Å²) in [4.78, 5) is 15.7. The van der Waals surface area contributed by atoms with Gasteiger partial charge in [0.05, 0.1) is 17.2 Å². The molecule has 0 saturated carbocycles. The number of hydrogen-bond donors (Lipinski definition) is 4. The van der Waals surface area contributed by atoms with Crippen molar-refractivity contribution in [3.63, 3.8) is 0 Å². The van der Waals surface area contributed by atoms with E-state index in [1.807, 2.05) is 29.2 Å². The molecule has 1 saturated heterocycles. The van der Waals surface area contributed by atoms with Crippen molar-refractivity contribution in [2.75, 3.05) is 35.7 Å². The number of ether oxygens (including phenoxy) is 1. The highest BCUT2D eigenvalue weighted by Gasteiger charge is 2.25. The van der Waals surface area contributed by atoms with Crippen LogP contribution in [0.3, 0.4) is 0 Å². The number of benzene rings is 2. The summed E-state index contributed by atoms with van der Waals surface area (Å²) in [5.41, 5.74) is 13.8. The molecule has 168 valence electrons. The van der Waals surface area contributed by atoms with Crippen LogP contribution in [0.5, 0.6) is 5.75 Å². The van der Waals surface area contributed by atoms with Crippen LogP contribution in [0.1, 0.15) is 6.42 Å². The fourth-order valence-corrected chi connectivity index (χ4v) is 3.76. The fraction of sp³-hybridized carbons (Fsp3) is 0.286. The van der Waals surface area contributed by atoms with E-state index in [-0.39, 0.29) is 12.1 Å². The second kappa shape index (κ2) is 9.74. The van der Waals surface area contributed by atoms with E-state index in [4.69, 9.17) is 39.4 Å². The number of nitrogens with one attached hydrogen (secondary N) is 2. The lowest BCUT2D eigenvalue weighted by Gasteiger charge is -2.34. The van der Waals surface area contributed by atoms with E-state index in [0.717, 1.165) is 17.9 Å². The SMILES string of the molecule is COc1ccc(Nc2nc(Nc3ccc(Cl)c(Cl)c3)nc(N3C[C@H](N)C[C@H](N)C3)n2)cc1. The number of methoxy groups -OCH3 is 1. The number of nitrogens with zero attached hydrogens (tertiary/aromatic N) is 4. The second-order valence-corrected chi connectivity index (χ2v) is 8.37. The number of hydrogen-bond acceptors (Lipinski definition) is 9. The summed E-state index contributed by atoms with van der Waals surface area (Å²) >= 11 is 12.2. The largest absolute Gasteiger partial charge is 0.497 e. The molecule has 32 heavy (non-hydrogen) atoms.